The molecule has 8 N–H and O–H groups in total. The molecule has 376 valence electrons. The molecule has 1 amide bonds. The smallest absolute Gasteiger partial charge is 0.249 e. The lowest BCUT2D eigenvalue weighted by Gasteiger charge is -2.40. The van der Waals surface area contributed by atoms with Crippen LogP contribution in [0.5, 0.6) is 0 Å². The number of carbonyl (C=O) groups is 1. The normalized spacial score (nSPS) is 21.3. The van der Waals surface area contributed by atoms with Crippen LogP contribution < -0.4 is 5.32 Å². The monoisotopic (exact) mass is 910 g/mol. The highest BCUT2D eigenvalue weighted by atomic mass is 16.7. The van der Waals surface area contributed by atoms with Gasteiger partial charge >= 0.3 is 0 Å². The topological polar surface area (TPSA) is 189 Å². The van der Waals surface area contributed by atoms with E-state index < -0.39 is 74.2 Å². The molecule has 1 heterocycles. The minimum Gasteiger partial charge on any atom is -0.394 e. The predicted octanol–water partition coefficient (Wildman–Crippen LogP) is 9.95. The lowest BCUT2D eigenvalue weighted by molar-refractivity contribution is -0.303. The van der Waals surface area contributed by atoms with Gasteiger partial charge < -0.3 is 50.5 Å². The van der Waals surface area contributed by atoms with Crippen LogP contribution in [0.25, 0.3) is 0 Å². The van der Waals surface area contributed by atoms with Gasteiger partial charge in [-0.05, 0) is 77.0 Å². The van der Waals surface area contributed by atoms with Crippen molar-refractivity contribution >= 4 is 5.91 Å². The third-order valence-electron chi connectivity index (χ3n) is 12.6. The quantitative estimate of drug-likeness (QED) is 0.0216. The number of carbonyl (C=O) groups excluding carboxylic acids is 1. The lowest BCUT2D eigenvalue weighted by Crippen LogP contribution is -2.60. The first-order chi connectivity index (χ1) is 31.2. The van der Waals surface area contributed by atoms with Crippen molar-refractivity contribution in [2.75, 3.05) is 13.2 Å². The molecule has 11 nitrogen and oxygen atoms in total. The molecule has 9 atom stereocenters. The van der Waals surface area contributed by atoms with Gasteiger partial charge in [0.1, 0.15) is 36.6 Å². The second-order valence-electron chi connectivity index (χ2n) is 18.6. The highest BCUT2D eigenvalue weighted by Crippen LogP contribution is 2.23. The third kappa shape index (κ3) is 31.3. The fraction of sp³-hybridized carbons (Fsp3) is 0.868. The molecule has 1 rings (SSSR count). The Balaban J connectivity index is 2.35. The molecular formula is C53H99NO10. The molecule has 0 aromatic heterocycles. The third-order valence-corrected chi connectivity index (χ3v) is 12.6. The zero-order chi connectivity index (χ0) is 46.9. The molecule has 0 bridgehead atoms. The van der Waals surface area contributed by atoms with Crippen LogP contribution in [-0.4, -0.2) is 110 Å². The average Bonchev–Trinajstić information content (AvgIpc) is 3.29. The largest absolute Gasteiger partial charge is 0.394 e. The first-order valence-electron chi connectivity index (χ1n) is 26.4. The maximum atomic E-state index is 13.1. The van der Waals surface area contributed by atoms with Gasteiger partial charge in [0.05, 0.1) is 25.4 Å². The summed E-state index contributed by atoms with van der Waals surface area (Å²) in [4.78, 5) is 13.1. The van der Waals surface area contributed by atoms with Crippen LogP contribution >= 0.6 is 0 Å². The fourth-order valence-electron chi connectivity index (χ4n) is 8.28. The van der Waals surface area contributed by atoms with Crippen molar-refractivity contribution in [2.24, 2.45) is 0 Å². The summed E-state index contributed by atoms with van der Waals surface area (Å²) >= 11 is 0. The Morgan fingerprint density at radius 1 is 0.531 bits per heavy atom. The maximum absolute atomic E-state index is 13.1. The van der Waals surface area contributed by atoms with Gasteiger partial charge in [0.25, 0.3) is 0 Å². The Bertz CT molecular complexity index is 1130. The molecule has 0 saturated carbocycles. The molecule has 0 radical (unpaired) electrons. The van der Waals surface area contributed by atoms with Crippen molar-refractivity contribution in [3.8, 4) is 0 Å². The van der Waals surface area contributed by atoms with Crippen molar-refractivity contribution in [2.45, 2.75) is 281 Å². The van der Waals surface area contributed by atoms with E-state index in [0.29, 0.717) is 19.3 Å². The number of ether oxygens (including phenoxy) is 2. The first kappa shape index (κ1) is 60.3. The summed E-state index contributed by atoms with van der Waals surface area (Å²) in [5.41, 5.74) is 0. The zero-order valence-electron chi connectivity index (χ0n) is 40.8. The summed E-state index contributed by atoms with van der Waals surface area (Å²) in [5, 5.41) is 75.8. The molecule has 0 aromatic rings. The minimum absolute atomic E-state index is 0.245. The highest BCUT2D eigenvalue weighted by Gasteiger charge is 2.44. The number of hydrogen-bond donors (Lipinski definition) is 8. The van der Waals surface area contributed by atoms with Crippen LogP contribution in [0.15, 0.2) is 36.5 Å². The van der Waals surface area contributed by atoms with Gasteiger partial charge in [0, 0.05) is 0 Å². The van der Waals surface area contributed by atoms with E-state index in [2.05, 4.69) is 55.6 Å². The van der Waals surface area contributed by atoms with Crippen molar-refractivity contribution in [1.29, 1.82) is 0 Å². The molecule has 1 saturated heterocycles. The van der Waals surface area contributed by atoms with Gasteiger partial charge in [-0.2, -0.15) is 0 Å². The van der Waals surface area contributed by atoms with Crippen LogP contribution in [0.4, 0.5) is 0 Å². The Hall–Kier alpha value is -1.67. The lowest BCUT2D eigenvalue weighted by atomic mass is 9.98. The number of amides is 1. The van der Waals surface area contributed by atoms with Crippen LogP contribution in [-0.2, 0) is 14.3 Å². The minimum atomic E-state index is -1.67. The molecule has 1 fully saturated rings. The van der Waals surface area contributed by atoms with E-state index in [1.54, 1.807) is 0 Å². The van der Waals surface area contributed by atoms with E-state index in [0.717, 1.165) is 44.9 Å². The van der Waals surface area contributed by atoms with Crippen molar-refractivity contribution in [3.63, 3.8) is 0 Å². The Labute approximate surface area is 390 Å². The van der Waals surface area contributed by atoms with E-state index in [4.69, 9.17) is 9.47 Å². The number of aliphatic hydroxyl groups is 7. The first-order valence-corrected chi connectivity index (χ1v) is 26.4. The van der Waals surface area contributed by atoms with Crippen molar-refractivity contribution < 1.29 is 50.0 Å². The number of rotatable bonds is 44. The van der Waals surface area contributed by atoms with Crippen LogP contribution in [0.2, 0.25) is 0 Å². The standard InChI is InChI=1S/C53H99NO10/c1-3-5-7-9-11-13-15-17-18-19-20-21-22-23-24-25-26-27-29-31-33-35-37-39-41-46(57)52(62)54-44(43-63-53-51(61)50(60)49(59)47(42-55)64-53)48(58)45(56)40-38-36-34-32-30-28-16-14-12-10-8-6-4-2/h14,16,23-24,32,34,44-51,53,55-61H,3-13,15,17-22,25-31,33,35-43H2,1-2H3,(H,54,62)/b16-14+,24-23-,34-32+. The molecule has 0 aromatic carbocycles. The number of aliphatic hydroxyl groups excluding tert-OH is 7. The SMILES string of the molecule is CCCCCC/C=C/CC/C=C/CCCC(O)C(O)C(COC1OC(CO)C(O)C(O)C1O)NC(=O)C(O)CCCCCCCCCC/C=C\CCCCCCCCCCCCCC. The van der Waals surface area contributed by atoms with Crippen molar-refractivity contribution in [3.05, 3.63) is 36.5 Å². The Morgan fingerprint density at radius 2 is 0.938 bits per heavy atom. The van der Waals surface area contributed by atoms with Crippen LogP contribution in [0.1, 0.15) is 226 Å². The van der Waals surface area contributed by atoms with Crippen LogP contribution in [0, 0.1) is 0 Å². The second kappa shape index (κ2) is 42.7. The summed E-state index contributed by atoms with van der Waals surface area (Å²) in [6.07, 6.45) is 39.2. The van der Waals surface area contributed by atoms with E-state index in [1.807, 2.05) is 0 Å². The van der Waals surface area contributed by atoms with E-state index in [-0.39, 0.29) is 12.8 Å². The Kier molecular flexibility index (Phi) is 40.2. The average molecular weight is 910 g/mol. The van der Waals surface area contributed by atoms with E-state index >= 15 is 0 Å². The van der Waals surface area contributed by atoms with Crippen LogP contribution in [0.3, 0.4) is 0 Å². The van der Waals surface area contributed by atoms with Gasteiger partial charge in [-0.25, -0.2) is 0 Å². The van der Waals surface area contributed by atoms with E-state index in [1.165, 1.54) is 135 Å². The molecule has 64 heavy (non-hydrogen) atoms. The second-order valence-corrected chi connectivity index (χ2v) is 18.6. The molecule has 0 spiro atoms. The van der Waals surface area contributed by atoms with Gasteiger partial charge in [-0.15, -0.1) is 0 Å². The van der Waals surface area contributed by atoms with Gasteiger partial charge in [-0.3, -0.25) is 4.79 Å². The number of hydrogen-bond acceptors (Lipinski definition) is 10. The molecule has 1 aliphatic heterocycles. The fourth-order valence-corrected chi connectivity index (χ4v) is 8.28. The zero-order valence-corrected chi connectivity index (χ0v) is 40.8. The van der Waals surface area contributed by atoms with Gasteiger partial charge in [-0.1, -0.05) is 185 Å². The summed E-state index contributed by atoms with van der Waals surface area (Å²) in [6, 6.07) is -1.19. The number of allylic oxidation sites excluding steroid dienone is 6. The van der Waals surface area contributed by atoms with E-state index in [9.17, 15) is 40.5 Å². The highest BCUT2D eigenvalue weighted by molar-refractivity contribution is 5.80. The molecule has 9 unspecified atom stereocenters. The molecular weight excluding hydrogens is 811 g/mol. The van der Waals surface area contributed by atoms with Gasteiger partial charge in [0.15, 0.2) is 6.29 Å². The van der Waals surface area contributed by atoms with Gasteiger partial charge in [0.2, 0.25) is 5.91 Å². The molecule has 1 aliphatic rings. The number of unbranched alkanes of at least 4 members (excludes halogenated alkanes) is 26. The summed E-state index contributed by atoms with van der Waals surface area (Å²) in [6.45, 7) is 3.41. The molecule has 11 heteroatoms. The number of nitrogens with one attached hydrogen (secondary N) is 1. The predicted molar refractivity (Wildman–Crippen MR) is 261 cm³/mol. The maximum Gasteiger partial charge on any atom is 0.249 e. The molecule has 0 aliphatic carbocycles. The summed E-state index contributed by atoms with van der Waals surface area (Å²) < 4.78 is 11.1. The Morgan fingerprint density at radius 3 is 1.41 bits per heavy atom. The summed E-state index contributed by atoms with van der Waals surface area (Å²) in [5.74, 6) is -0.713. The van der Waals surface area contributed by atoms with Crippen molar-refractivity contribution in [1.82, 2.24) is 5.32 Å². The summed E-state index contributed by atoms with van der Waals surface area (Å²) in [7, 11) is 0.